The minimum absolute atomic E-state index is 0.0252. The fraction of sp³-hybridized carbons (Fsp3) is 0.400. The molecule has 3 rings (SSSR count). The average molecular weight is 391 g/mol. The summed E-state index contributed by atoms with van der Waals surface area (Å²) in [7, 11) is 0. The molecule has 3 amide bonds. The maximum Gasteiger partial charge on any atom is 0.471 e. The van der Waals surface area contributed by atoms with Crippen molar-refractivity contribution in [2.45, 2.75) is 12.3 Å². The number of amides is 3. The molecule has 27 heavy (non-hydrogen) atoms. The van der Waals surface area contributed by atoms with Crippen molar-refractivity contribution >= 4 is 29.5 Å². The normalized spacial score (nSPS) is 19.9. The smallest absolute Gasteiger partial charge is 0.447 e. The maximum atomic E-state index is 14.3. The van der Waals surface area contributed by atoms with Gasteiger partial charge in [-0.05, 0) is 18.2 Å². The Kier molecular flexibility index (Phi) is 4.81. The third-order valence-corrected chi connectivity index (χ3v) is 3.92. The predicted molar refractivity (Wildman–Crippen MR) is 81.8 cm³/mol. The molecule has 146 valence electrons. The molecule has 1 aromatic rings. The van der Waals surface area contributed by atoms with Crippen LogP contribution in [-0.4, -0.2) is 56.6 Å². The predicted octanol–water partition coefficient (Wildman–Crippen LogP) is 1.79. The van der Waals surface area contributed by atoms with Gasteiger partial charge in [0.05, 0.1) is 31.0 Å². The van der Waals surface area contributed by atoms with Crippen LogP contribution >= 0.6 is 0 Å². The fourth-order valence-electron chi connectivity index (χ4n) is 2.64. The van der Waals surface area contributed by atoms with Crippen molar-refractivity contribution in [2.75, 3.05) is 36.0 Å². The van der Waals surface area contributed by atoms with E-state index in [-0.39, 0.29) is 31.1 Å². The summed E-state index contributed by atoms with van der Waals surface area (Å²) >= 11 is 0. The van der Waals surface area contributed by atoms with E-state index < -0.39 is 42.7 Å². The molecular formula is C15H13F4N3O5. The lowest BCUT2D eigenvalue weighted by Gasteiger charge is -2.17. The number of carbonyl (C=O) groups is 3. The van der Waals surface area contributed by atoms with Crippen LogP contribution < -0.4 is 15.1 Å². The van der Waals surface area contributed by atoms with Gasteiger partial charge in [-0.25, -0.2) is 14.0 Å². The molecule has 1 aromatic carbocycles. The molecule has 0 bridgehead atoms. The van der Waals surface area contributed by atoms with Crippen LogP contribution in [0.1, 0.15) is 0 Å². The molecule has 2 saturated heterocycles. The molecule has 0 spiro atoms. The molecule has 2 heterocycles. The van der Waals surface area contributed by atoms with Crippen molar-refractivity contribution in [1.82, 2.24) is 5.32 Å². The largest absolute Gasteiger partial charge is 0.471 e. The van der Waals surface area contributed by atoms with Gasteiger partial charge in [0.1, 0.15) is 18.5 Å². The molecule has 1 atom stereocenters. The Morgan fingerprint density at radius 2 is 1.96 bits per heavy atom. The van der Waals surface area contributed by atoms with Crippen LogP contribution in [-0.2, 0) is 14.3 Å². The number of hydrogen-bond acceptors (Lipinski definition) is 5. The van der Waals surface area contributed by atoms with Crippen molar-refractivity contribution in [1.29, 1.82) is 0 Å². The highest BCUT2D eigenvalue weighted by Crippen LogP contribution is 2.29. The van der Waals surface area contributed by atoms with Crippen LogP contribution in [0.25, 0.3) is 0 Å². The molecule has 2 aliphatic rings. The first-order valence-corrected chi connectivity index (χ1v) is 7.74. The van der Waals surface area contributed by atoms with Crippen LogP contribution in [0.15, 0.2) is 18.2 Å². The van der Waals surface area contributed by atoms with Crippen molar-refractivity contribution in [2.24, 2.45) is 0 Å². The van der Waals surface area contributed by atoms with Gasteiger partial charge in [-0.3, -0.25) is 14.6 Å². The summed E-state index contributed by atoms with van der Waals surface area (Å²) < 4.78 is 60.4. The molecule has 0 saturated carbocycles. The number of cyclic esters (lactones) is 2. The van der Waals surface area contributed by atoms with Gasteiger partial charge in [-0.1, -0.05) is 0 Å². The molecule has 0 aromatic heterocycles. The lowest BCUT2D eigenvalue weighted by molar-refractivity contribution is -0.173. The minimum Gasteiger partial charge on any atom is -0.447 e. The van der Waals surface area contributed by atoms with Crippen LogP contribution in [0.4, 0.5) is 38.5 Å². The quantitative estimate of drug-likeness (QED) is 0.791. The lowest BCUT2D eigenvalue weighted by Crippen LogP contribution is -2.41. The van der Waals surface area contributed by atoms with Crippen LogP contribution in [0.3, 0.4) is 0 Å². The Morgan fingerprint density at radius 1 is 1.22 bits per heavy atom. The summed E-state index contributed by atoms with van der Waals surface area (Å²) in [6.07, 6.45) is -7.66. The van der Waals surface area contributed by atoms with Crippen molar-refractivity contribution < 1.29 is 41.4 Å². The fourth-order valence-corrected chi connectivity index (χ4v) is 2.64. The monoisotopic (exact) mass is 391 g/mol. The van der Waals surface area contributed by atoms with Gasteiger partial charge in [0.25, 0.3) is 0 Å². The highest BCUT2D eigenvalue weighted by molar-refractivity contribution is 5.92. The zero-order valence-corrected chi connectivity index (χ0v) is 13.6. The Labute approximate surface area is 149 Å². The third-order valence-electron chi connectivity index (χ3n) is 3.92. The third kappa shape index (κ3) is 3.88. The average Bonchev–Trinajstić information content (AvgIpc) is 3.17. The number of nitrogens with one attached hydrogen (secondary N) is 1. The van der Waals surface area contributed by atoms with Gasteiger partial charge in [0.2, 0.25) is 0 Å². The summed E-state index contributed by atoms with van der Waals surface area (Å²) in [5.74, 6) is -2.93. The first kappa shape index (κ1) is 18.7. The molecular weight excluding hydrogens is 378 g/mol. The molecule has 0 aliphatic carbocycles. The number of nitrogens with zero attached hydrogens (tertiary/aromatic N) is 2. The van der Waals surface area contributed by atoms with Crippen molar-refractivity contribution in [3.8, 4) is 0 Å². The van der Waals surface area contributed by atoms with E-state index in [1.54, 1.807) is 5.32 Å². The molecule has 0 radical (unpaired) electrons. The highest BCUT2D eigenvalue weighted by Gasteiger charge is 2.40. The first-order chi connectivity index (χ1) is 12.7. The second-order valence-corrected chi connectivity index (χ2v) is 5.73. The van der Waals surface area contributed by atoms with E-state index in [0.717, 1.165) is 15.9 Å². The number of carbonyl (C=O) groups excluding carboxylic acids is 3. The number of benzene rings is 1. The number of rotatable bonds is 4. The number of halogens is 4. The van der Waals surface area contributed by atoms with E-state index in [1.165, 1.54) is 12.1 Å². The Balaban J connectivity index is 1.66. The minimum atomic E-state index is -5.04. The van der Waals surface area contributed by atoms with Gasteiger partial charge in [-0.15, -0.1) is 0 Å². The topological polar surface area (TPSA) is 88.2 Å². The lowest BCUT2D eigenvalue weighted by atomic mass is 10.2. The molecule has 8 nitrogen and oxygen atoms in total. The highest BCUT2D eigenvalue weighted by atomic mass is 19.4. The summed E-state index contributed by atoms with van der Waals surface area (Å²) in [5, 5.41) is 1.62. The second-order valence-electron chi connectivity index (χ2n) is 5.73. The van der Waals surface area contributed by atoms with Gasteiger partial charge in [0.15, 0.2) is 0 Å². The van der Waals surface area contributed by atoms with Crippen LogP contribution in [0, 0.1) is 5.82 Å². The van der Waals surface area contributed by atoms with E-state index in [0.29, 0.717) is 0 Å². The van der Waals surface area contributed by atoms with E-state index in [1.807, 2.05) is 0 Å². The summed E-state index contributed by atoms with van der Waals surface area (Å²) in [4.78, 5) is 36.3. The van der Waals surface area contributed by atoms with Crippen LogP contribution in [0.2, 0.25) is 0 Å². The van der Waals surface area contributed by atoms with E-state index in [2.05, 4.69) is 0 Å². The summed E-state index contributed by atoms with van der Waals surface area (Å²) in [5.41, 5.74) is 0.0706. The van der Waals surface area contributed by atoms with Gasteiger partial charge >= 0.3 is 24.3 Å². The van der Waals surface area contributed by atoms with E-state index >= 15 is 0 Å². The van der Waals surface area contributed by atoms with Gasteiger partial charge in [-0.2, -0.15) is 13.2 Å². The standard InChI is InChI=1S/C15H13F4N3O5/c16-10-5-8(1-2-11(10)21-3-4-26-13(21)24)22-7-9(27-14(22)25)6-20-12(23)15(17,18)19/h1-2,5,9H,3-4,6-7H2,(H,20,23)/t9-/m0/s1. The number of anilines is 2. The molecule has 0 unspecified atom stereocenters. The number of alkyl halides is 3. The Morgan fingerprint density at radius 3 is 2.56 bits per heavy atom. The summed E-state index contributed by atoms with van der Waals surface area (Å²) in [6.45, 7) is -0.409. The Bertz CT molecular complexity index is 785. The molecule has 1 N–H and O–H groups in total. The number of ether oxygens (including phenoxy) is 2. The second kappa shape index (κ2) is 6.93. The molecule has 2 fully saturated rings. The first-order valence-electron chi connectivity index (χ1n) is 7.74. The Hall–Kier alpha value is -3.05. The van der Waals surface area contributed by atoms with E-state index in [4.69, 9.17) is 9.47 Å². The van der Waals surface area contributed by atoms with Crippen molar-refractivity contribution in [3.63, 3.8) is 0 Å². The van der Waals surface area contributed by atoms with Crippen LogP contribution in [0.5, 0.6) is 0 Å². The van der Waals surface area contributed by atoms with Crippen molar-refractivity contribution in [3.05, 3.63) is 24.0 Å². The zero-order valence-electron chi connectivity index (χ0n) is 13.6. The van der Waals surface area contributed by atoms with E-state index in [9.17, 15) is 31.9 Å². The van der Waals surface area contributed by atoms with Gasteiger partial charge < -0.3 is 14.8 Å². The van der Waals surface area contributed by atoms with Gasteiger partial charge in [0, 0.05) is 0 Å². The molecule has 12 heteroatoms. The maximum absolute atomic E-state index is 14.3. The summed E-state index contributed by atoms with van der Waals surface area (Å²) in [6, 6.07) is 3.64. The zero-order chi connectivity index (χ0) is 19.8. The SMILES string of the molecule is O=C1O[C@@H](CNC(=O)C(F)(F)F)CN1c1ccc(N2CCOC2=O)c(F)c1. The number of hydrogen-bond donors (Lipinski definition) is 1. The molecule has 2 aliphatic heterocycles.